The number of benzene rings is 2. The SMILES string of the molecule is CCOc1c(Br)c(C)c(-c2c(C)c(Br)c(OCC)c(OCC)c2OCC)c(OCC)c1OCC. The molecule has 6 nitrogen and oxygen atoms in total. The van der Waals surface area contributed by atoms with Crippen molar-refractivity contribution in [2.75, 3.05) is 39.6 Å². The van der Waals surface area contributed by atoms with Gasteiger partial charge in [-0.2, -0.15) is 0 Å². The lowest BCUT2D eigenvalue weighted by atomic mass is 9.93. The molecular weight excluding hydrogens is 568 g/mol. The molecule has 0 bridgehead atoms. The summed E-state index contributed by atoms with van der Waals surface area (Å²) in [4.78, 5) is 0. The molecule has 0 saturated carbocycles. The van der Waals surface area contributed by atoms with Crippen LogP contribution in [0.5, 0.6) is 34.5 Å². The van der Waals surface area contributed by atoms with E-state index in [2.05, 4.69) is 31.9 Å². The van der Waals surface area contributed by atoms with E-state index < -0.39 is 0 Å². The zero-order valence-corrected chi connectivity index (χ0v) is 24.6. The lowest BCUT2D eigenvalue weighted by Gasteiger charge is -2.27. The summed E-state index contributed by atoms with van der Waals surface area (Å²) in [5.74, 6) is 3.58. The Morgan fingerprint density at radius 3 is 0.912 bits per heavy atom. The fraction of sp³-hybridized carbons (Fsp3) is 0.538. The fourth-order valence-electron chi connectivity index (χ4n) is 3.80. The minimum absolute atomic E-state index is 0.458. The molecule has 0 saturated heterocycles. The van der Waals surface area contributed by atoms with Crippen molar-refractivity contribution < 1.29 is 28.4 Å². The van der Waals surface area contributed by atoms with Crippen LogP contribution in [0.1, 0.15) is 52.7 Å². The maximum absolute atomic E-state index is 6.23. The summed E-state index contributed by atoms with van der Waals surface area (Å²) in [7, 11) is 0. The van der Waals surface area contributed by atoms with Crippen LogP contribution in [0.4, 0.5) is 0 Å². The first-order chi connectivity index (χ1) is 16.3. The summed E-state index contributed by atoms with van der Waals surface area (Å²) >= 11 is 7.52. The second-order valence-corrected chi connectivity index (χ2v) is 8.79. The Morgan fingerprint density at radius 1 is 0.412 bits per heavy atom. The molecule has 34 heavy (non-hydrogen) atoms. The van der Waals surface area contributed by atoms with Crippen LogP contribution in [0, 0.1) is 13.8 Å². The molecule has 0 unspecified atom stereocenters. The minimum Gasteiger partial charge on any atom is -0.489 e. The van der Waals surface area contributed by atoms with Crippen LogP contribution in [0.15, 0.2) is 8.95 Å². The molecule has 0 aliphatic carbocycles. The maximum Gasteiger partial charge on any atom is 0.205 e. The van der Waals surface area contributed by atoms with E-state index in [-0.39, 0.29) is 0 Å². The van der Waals surface area contributed by atoms with Gasteiger partial charge >= 0.3 is 0 Å². The molecule has 0 spiro atoms. The van der Waals surface area contributed by atoms with Crippen molar-refractivity contribution in [2.24, 2.45) is 0 Å². The first kappa shape index (κ1) is 28.4. The lowest BCUT2D eigenvalue weighted by Crippen LogP contribution is -2.09. The van der Waals surface area contributed by atoms with Gasteiger partial charge in [0.2, 0.25) is 11.5 Å². The predicted octanol–water partition coefficient (Wildman–Crippen LogP) is 7.89. The average Bonchev–Trinajstić information content (AvgIpc) is 2.81. The first-order valence-electron chi connectivity index (χ1n) is 11.8. The molecular formula is C26H36Br2O6. The van der Waals surface area contributed by atoms with E-state index in [1.807, 2.05) is 55.4 Å². The molecule has 0 N–H and O–H groups in total. The molecule has 0 heterocycles. The zero-order valence-electron chi connectivity index (χ0n) is 21.4. The smallest absolute Gasteiger partial charge is 0.205 e. The molecule has 2 rings (SSSR count). The number of hydrogen-bond donors (Lipinski definition) is 0. The summed E-state index contributed by atoms with van der Waals surface area (Å²) in [5.41, 5.74) is 3.59. The molecule has 0 fully saturated rings. The quantitative estimate of drug-likeness (QED) is 0.232. The second-order valence-electron chi connectivity index (χ2n) is 7.20. The van der Waals surface area contributed by atoms with Crippen LogP contribution >= 0.6 is 31.9 Å². The standard InChI is InChI=1S/C26H36Br2O6/c1-9-29-21-17(15(7)19(27)23(31-11-3)25(21)33-13-5)18-16(8)20(28)24(32-12-4)26(34-14-6)22(18)30-10-2/h9-14H2,1-8H3. The predicted molar refractivity (Wildman–Crippen MR) is 144 cm³/mol. The van der Waals surface area contributed by atoms with E-state index in [0.29, 0.717) is 74.1 Å². The molecule has 0 aromatic heterocycles. The van der Waals surface area contributed by atoms with Gasteiger partial charge < -0.3 is 28.4 Å². The first-order valence-corrected chi connectivity index (χ1v) is 13.4. The van der Waals surface area contributed by atoms with Crippen molar-refractivity contribution in [3.63, 3.8) is 0 Å². The maximum atomic E-state index is 6.23. The van der Waals surface area contributed by atoms with E-state index in [1.165, 1.54) is 0 Å². The van der Waals surface area contributed by atoms with Crippen LogP contribution in [0.2, 0.25) is 0 Å². The van der Waals surface area contributed by atoms with E-state index in [9.17, 15) is 0 Å². The Hall–Kier alpha value is -1.80. The molecule has 2 aromatic carbocycles. The van der Waals surface area contributed by atoms with Crippen molar-refractivity contribution in [1.29, 1.82) is 0 Å². The summed E-state index contributed by atoms with van der Waals surface area (Å²) in [6.07, 6.45) is 0. The highest BCUT2D eigenvalue weighted by atomic mass is 79.9. The molecule has 2 aromatic rings. The van der Waals surface area contributed by atoms with Gasteiger partial charge in [-0.3, -0.25) is 0 Å². The number of ether oxygens (including phenoxy) is 6. The van der Waals surface area contributed by atoms with Gasteiger partial charge in [-0.1, -0.05) is 0 Å². The Balaban J connectivity index is 3.13. The molecule has 0 aliphatic heterocycles. The van der Waals surface area contributed by atoms with Crippen molar-refractivity contribution in [1.82, 2.24) is 0 Å². The van der Waals surface area contributed by atoms with E-state index in [1.54, 1.807) is 0 Å². The van der Waals surface area contributed by atoms with Crippen molar-refractivity contribution in [3.8, 4) is 45.6 Å². The summed E-state index contributed by atoms with van der Waals surface area (Å²) in [6, 6.07) is 0. The van der Waals surface area contributed by atoms with E-state index in [4.69, 9.17) is 28.4 Å². The van der Waals surface area contributed by atoms with Crippen LogP contribution in [-0.4, -0.2) is 39.6 Å². The van der Waals surface area contributed by atoms with Gasteiger partial charge in [-0.05, 0) is 98.4 Å². The average molecular weight is 604 g/mol. The monoisotopic (exact) mass is 602 g/mol. The zero-order chi connectivity index (χ0) is 25.4. The topological polar surface area (TPSA) is 55.4 Å². The van der Waals surface area contributed by atoms with Crippen molar-refractivity contribution in [2.45, 2.75) is 55.4 Å². The third kappa shape index (κ3) is 5.54. The molecule has 0 amide bonds. The van der Waals surface area contributed by atoms with Crippen LogP contribution in [0.3, 0.4) is 0 Å². The van der Waals surface area contributed by atoms with Crippen LogP contribution < -0.4 is 28.4 Å². The van der Waals surface area contributed by atoms with Crippen molar-refractivity contribution in [3.05, 3.63) is 20.1 Å². The van der Waals surface area contributed by atoms with Gasteiger partial charge in [0.1, 0.15) is 0 Å². The highest BCUT2D eigenvalue weighted by Crippen LogP contribution is 2.58. The van der Waals surface area contributed by atoms with Gasteiger partial charge in [-0.15, -0.1) is 0 Å². The fourth-order valence-corrected chi connectivity index (χ4v) is 4.78. The highest BCUT2D eigenvalue weighted by Gasteiger charge is 2.32. The summed E-state index contributed by atoms with van der Waals surface area (Å²) < 4.78 is 38.2. The molecule has 0 aliphatic rings. The molecule has 0 atom stereocenters. The van der Waals surface area contributed by atoms with Gasteiger partial charge in [0.25, 0.3) is 0 Å². The van der Waals surface area contributed by atoms with Gasteiger partial charge in [0.15, 0.2) is 23.0 Å². The minimum atomic E-state index is 0.458. The van der Waals surface area contributed by atoms with Gasteiger partial charge in [0.05, 0.1) is 48.6 Å². The summed E-state index contributed by atoms with van der Waals surface area (Å²) in [6.45, 7) is 18.6. The second kappa shape index (κ2) is 13.3. The third-order valence-electron chi connectivity index (χ3n) is 5.07. The third-order valence-corrected chi connectivity index (χ3v) is 6.98. The number of rotatable bonds is 13. The normalized spacial score (nSPS) is 10.8. The number of hydrogen-bond acceptors (Lipinski definition) is 6. The number of halogens is 2. The largest absolute Gasteiger partial charge is 0.489 e. The Kier molecular flexibility index (Phi) is 11.2. The molecule has 190 valence electrons. The Labute approximate surface area is 220 Å². The van der Waals surface area contributed by atoms with Crippen LogP contribution in [0.25, 0.3) is 11.1 Å². The molecule has 0 radical (unpaired) electrons. The molecule has 8 heteroatoms. The van der Waals surface area contributed by atoms with E-state index in [0.717, 1.165) is 31.2 Å². The van der Waals surface area contributed by atoms with Crippen LogP contribution in [-0.2, 0) is 0 Å². The summed E-state index contributed by atoms with van der Waals surface area (Å²) in [5, 5.41) is 0. The highest BCUT2D eigenvalue weighted by molar-refractivity contribution is 9.11. The van der Waals surface area contributed by atoms with Gasteiger partial charge in [-0.25, -0.2) is 0 Å². The van der Waals surface area contributed by atoms with E-state index >= 15 is 0 Å². The lowest BCUT2D eigenvalue weighted by molar-refractivity contribution is 0.257. The Morgan fingerprint density at radius 2 is 0.647 bits per heavy atom. The van der Waals surface area contributed by atoms with Crippen molar-refractivity contribution >= 4 is 31.9 Å². The van der Waals surface area contributed by atoms with Gasteiger partial charge in [0, 0.05) is 11.1 Å². The Bertz CT molecular complexity index is 911.